The summed E-state index contributed by atoms with van der Waals surface area (Å²) in [4.78, 5) is 23.8. The van der Waals surface area contributed by atoms with E-state index in [2.05, 4.69) is 10.6 Å². The van der Waals surface area contributed by atoms with Crippen LogP contribution in [-0.2, 0) is 4.79 Å². The Bertz CT molecular complexity index is 478. The first kappa shape index (κ1) is 14.0. The van der Waals surface area contributed by atoms with E-state index < -0.39 is 5.91 Å². The first-order valence-corrected chi connectivity index (χ1v) is 7.36. The molecule has 4 N–H and O–H groups in total. The number of nitrogens with one attached hydrogen (secondary N) is 2. The van der Waals surface area contributed by atoms with Crippen molar-refractivity contribution in [1.82, 2.24) is 5.32 Å². The summed E-state index contributed by atoms with van der Waals surface area (Å²) < 4.78 is 0. The van der Waals surface area contributed by atoms with Crippen molar-refractivity contribution in [3.05, 3.63) is 17.0 Å². The molecule has 1 aromatic rings. The Hall–Kier alpha value is -1.40. The molecular weight excluding hydrogens is 262 g/mol. The van der Waals surface area contributed by atoms with Crippen molar-refractivity contribution in [3.63, 3.8) is 0 Å². The second kappa shape index (κ2) is 5.71. The fraction of sp³-hybridized carbons (Fsp3) is 0.538. The number of hydrogen-bond acceptors (Lipinski definition) is 4. The molecule has 2 heterocycles. The molecule has 0 aromatic carbocycles. The molecule has 1 fully saturated rings. The predicted octanol–water partition coefficient (Wildman–Crippen LogP) is 1.57. The Morgan fingerprint density at radius 3 is 2.74 bits per heavy atom. The summed E-state index contributed by atoms with van der Waals surface area (Å²) in [6, 6.07) is 1.64. The van der Waals surface area contributed by atoms with Crippen molar-refractivity contribution in [3.8, 4) is 0 Å². The zero-order chi connectivity index (χ0) is 13.9. The molecule has 1 aromatic heterocycles. The maximum atomic E-state index is 12.5. The van der Waals surface area contributed by atoms with Gasteiger partial charge >= 0.3 is 0 Å². The number of carbonyl (C=O) groups excluding carboxylic acids is 2. The molecule has 5 nitrogen and oxygen atoms in total. The Balaban J connectivity index is 2.15. The van der Waals surface area contributed by atoms with Crippen molar-refractivity contribution in [2.75, 3.05) is 18.4 Å². The van der Waals surface area contributed by atoms with Gasteiger partial charge in [0, 0.05) is 0 Å². The van der Waals surface area contributed by atoms with Crippen LogP contribution in [0.3, 0.4) is 0 Å². The van der Waals surface area contributed by atoms with Crippen LogP contribution in [0.5, 0.6) is 0 Å². The van der Waals surface area contributed by atoms with E-state index in [9.17, 15) is 9.59 Å². The van der Waals surface area contributed by atoms with E-state index in [1.54, 1.807) is 11.4 Å². The van der Waals surface area contributed by atoms with Gasteiger partial charge in [-0.3, -0.25) is 9.59 Å². The topological polar surface area (TPSA) is 84.2 Å². The van der Waals surface area contributed by atoms with Crippen LogP contribution in [0.1, 0.15) is 36.5 Å². The number of piperidine rings is 1. The maximum Gasteiger partial charge on any atom is 0.251 e. The van der Waals surface area contributed by atoms with Crippen LogP contribution < -0.4 is 16.4 Å². The van der Waals surface area contributed by atoms with Crippen molar-refractivity contribution in [1.29, 1.82) is 0 Å². The van der Waals surface area contributed by atoms with E-state index in [0.29, 0.717) is 10.6 Å². The number of anilines is 1. The number of carbonyl (C=O) groups is 2. The molecule has 0 saturated carbocycles. The van der Waals surface area contributed by atoms with Gasteiger partial charge in [0.15, 0.2) is 0 Å². The first-order chi connectivity index (χ1) is 9.09. The molecule has 6 heteroatoms. The Kier molecular flexibility index (Phi) is 4.21. The zero-order valence-corrected chi connectivity index (χ0v) is 11.8. The van der Waals surface area contributed by atoms with Gasteiger partial charge in [-0.05, 0) is 43.8 Å². The van der Waals surface area contributed by atoms with Gasteiger partial charge in [0.2, 0.25) is 5.91 Å². The summed E-state index contributed by atoms with van der Waals surface area (Å²) in [5.41, 5.74) is 5.34. The number of thiophene rings is 1. The summed E-state index contributed by atoms with van der Waals surface area (Å²) in [5.74, 6) is -0.506. The van der Waals surface area contributed by atoms with Crippen molar-refractivity contribution in [2.45, 2.75) is 26.2 Å². The number of primary amides is 1. The van der Waals surface area contributed by atoms with Crippen molar-refractivity contribution >= 4 is 28.2 Å². The monoisotopic (exact) mass is 281 g/mol. The fourth-order valence-corrected chi connectivity index (χ4v) is 3.27. The number of amides is 2. The van der Waals surface area contributed by atoms with Gasteiger partial charge < -0.3 is 16.4 Å². The molecule has 0 spiro atoms. The number of nitrogens with two attached hydrogens (primary N) is 1. The van der Waals surface area contributed by atoms with Crippen LogP contribution in [0.15, 0.2) is 11.4 Å². The molecule has 2 rings (SSSR count). The predicted molar refractivity (Wildman–Crippen MR) is 76.3 cm³/mol. The highest BCUT2D eigenvalue weighted by Gasteiger charge is 2.38. The van der Waals surface area contributed by atoms with Crippen LogP contribution in [0, 0.1) is 5.41 Å². The van der Waals surface area contributed by atoms with Crippen LogP contribution in [0.2, 0.25) is 0 Å². The van der Waals surface area contributed by atoms with Crippen LogP contribution in [-0.4, -0.2) is 24.9 Å². The molecule has 1 aliphatic heterocycles. The number of hydrogen-bond donors (Lipinski definition) is 3. The minimum Gasteiger partial charge on any atom is -0.366 e. The molecule has 0 atom stereocenters. The summed E-state index contributed by atoms with van der Waals surface area (Å²) in [6.45, 7) is 3.75. The Morgan fingerprint density at radius 2 is 2.16 bits per heavy atom. The van der Waals surface area contributed by atoms with Crippen molar-refractivity contribution < 1.29 is 9.59 Å². The fourth-order valence-electron chi connectivity index (χ4n) is 2.48. The van der Waals surface area contributed by atoms with E-state index in [0.717, 1.165) is 32.4 Å². The Labute approximate surface area is 116 Å². The van der Waals surface area contributed by atoms with Gasteiger partial charge in [-0.25, -0.2) is 0 Å². The number of rotatable bonds is 4. The van der Waals surface area contributed by atoms with Crippen LogP contribution in [0.4, 0.5) is 5.00 Å². The second-order valence-electron chi connectivity index (χ2n) is 4.87. The van der Waals surface area contributed by atoms with Gasteiger partial charge in [-0.1, -0.05) is 6.92 Å². The SMILES string of the molecule is CCC1(C(=O)Nc2sccc2C(N)=O)CCNCC1. The van der Waals surface area contributed by atoms with E-state index in [1.807, 2.05) is 6.92 Å². The van der Waals surface area contributed by atoms with Crippen LogP contribution in [0.25, 0.3) is 0 Å². The van der Waals surface area contributed by atoms with E-state index in [4.69, 9.17) is 5.73 Å². The summed E-state index contributed by atoms with van der Waals surface area (Å²) in [6.07, 6.45) is 2.46. The summed E-state index contributed by atoms with van der Waals surface area (Å²) in [7, 11) is 0. The third-order valence-corrected chi connectivity index (χ3v) is 4.71. The second-order valence-corrected chi connectivity index (χ2v) is 5.78. The molecule has 0 bridgehead atoms. The lowest BCUT2D eigenvalue weighted by Crippen LogP contribution is -2.44. The standard InChI is InChI=1S/C13H19N3O2S/c1-2-13(4-6-15-7-5-13)12(18)16-11-9(10(14)17)3-8-19-11/h3,8,15H,2,4-7H2,1H3,(H2,14,17)(H,16,18). The lowest BCUT2D eigenvalue weighted by Gasteiger charge is -2.35. The third-order valence-electron chi connectivity index (χ3n) is 3.88. The largest absolute Gasteiger partial charge is 0.366 e. The molecule has 2 amide bonds. The van der Waals surface area contributed by atoms with E-state index >= 15 is 0 Å². The molecule has 19 heavy (non-hydrogen) atoms. The lowest BCUT2D eigenvalue weighted by atomic mass is 9.76. The maximum absolute atomic E-state index is 12.5. The van der Waals surface area contributed by atoms with Crippen molar-refractivity contribution in [2.24, 2.45) is 11.1 Å². The van der Waals surface area contributed by atoms with Gasteiger partial charge in [-0.2, -0.15) is 0 Å². The minimum atomic E-state index is -0.507. The third kappa shape index (κ3) is 2.79. The summed E-state index contributed by atoms with van der Waals surface area (Å²) >= 11 is 1.33. The molecular formula is C13H19N3O2S. The Morgan fingerprint density at radius 1 is 1.47 bits per heavy atom. The quantitative estimate of drug-likeness (QED) is 0.783. The van der Waals surface area contributed by atoms with Gasteiger partial charge in [0.1, 0.15) is 5.00 Å². The normalized spacial score (nSPS) is 17.9. The van der Waals surface area contributed by atoms with Gasteiger partial charge in [-0.15, -0.1) is 11.3 Å². The smallest absolute Gasteiger partial charge is 0.251 e. The molecule has 104 valence electrons. The van der Waals surface area contributed by atoms with E-state index in [1.165, 1.54) is 11.3 Å². The van der Waals surface area contributed by atoms with Crippen LogP contribution >= 0.6 is 11.3 Å². The average Bonchev–Trinajstić information content (AvgIpc) is 2.87. The van der Waals surface area contributed by atoms with Gasteiger partial charge in [0.25, 0.3) is 5.91 Å². The highest BCUT2D eigenvalue weighted by molar-refractivity contribution is 7.14. The average molecular weight is 281 g/mol. The lowest BCUT2D eigenvalue weighted by molar-refractivity contribution is -0.127. The zero-order valence-electron chi connectivity index (χ0n) is 11.0. The molecule has 0 unspecified atom stereocenters. The van der Waals surface area contributed by atoms with E-state index in [-0.39, 0.29) is 11.3 Å². The molecule has 1 saturated heterocycles. The molecule has 0 aliphatic carbocycles. The molecule has 0 radical (unpaired) electrons. The minimum absolute atomic E-state index is 0.00134. The highest BCUT2D eigenvalue weighted by atomic mass is 32.1. The highest BCUT2D eigenvalue weighted by Crippen LogP contribution is 2.35. The summed E-state index contributed by atoms with van der Waals surface area (Å²) in [5, 5.41) is 8.47. The molecule has 1 aliphatic rings. The van der Waals surface area contributed by atoms with Gasteiger partial charge in [0.05, 0.1) is 11.0 Å². The first-order valence-electron chi connectivity index (χ1n) is 6.48.